The molecule has 1 heterocycles. The van der Waals surface area contributed by atoms with Gasteiger partial charge in [0.05, 0.1) is 11.1 Å². The van der Waals surface area contributed by atoms with Crippen molar-refractivity contribution in [3.63, 3.8) is 0 Å². The standard InChI is InChI=1S/C18H15ClF3NO2/c19-12-4-6-16(24)14(10-12)11-3-5-13(15(9-11)18(20,21)22)17(25)23-7-1-2-8-23/h3-6,9-10,24H,1-2,7-8H2. The first-order valence-corrected chi connectivity index (χ1v) is 8.14. The van der Waals surface area contributed by atoms with Crippen LogP contribution in [0.5, 0.6) is 5.75 Å². The van der Waals surface area contributed by atoms with Gasteiger partial charge < -0.3 is 10.0 Å². The van der Waals surface area contributed by atoms with Crippen LogP contribution in [0.25, 0.3) is 11.1 Å². The van der Waals surface area contributed by atoms with E-state index >= 15 is 0 Å². The van der Waals surface area contributed by atoms with Gasteiger partial charge in [0.1, 0.15) is 5.75 Å². The molecule has 0 aromatic heterocycles. The molecular formula is C18H15ClF3NO2. The van der Waals surface area contributed by atoms with E-state index in [0.29, 0.717) is 18.1 Å². The zero-order valence-corrected chi connectivity index (χ0v) is 13.9. The van der Waals surface area contributed by atoms with Crippen LogP contribution in [0.1, 0.15) is 28.8 Å². The third-order valence-electron chi connectivity index (χ3n) is 4.22. The van der Waals surface area contributed by atoms with E-state index in [0.717, 1.165) is 18.9 Å². The first-order chi connectivity index (χ1) is 11.8. The number of rotatable bonds is 2. The Labute approximate surface area is 147 Å². The highest BCUT2D eigenvalue weighted by Gasteiger charge is 2.37. The van der Waals surface area contributed by atoms with E-state index in [1.165, 1.54) is 35.2 Å². The summed E-state index contributed by atoms with van der Waals surface area (Å²) >= 11 is 5.87. The first kappa shape index (κ1) is 17.6. The Morgan fingerprint density at radius 2 is 1.76 bits per heavy atom. The van der Waals surface area contributed by atoms with Gasteiger partial charge in [-0.3, -0.25) is 4.79 Å². The van der Waals surface area contributed by atoms with E-state index in [-0.39, 0.29) is 22.4 Å². The van der Waals surface area contributed by atoms with Crippen molar-refractivity contribution in [2.75, 3.05) is 13.1 Å². The van der Waals surface area contributed by atoms with Gasteiger partial charge in [-0.15, -0.1) is 0 Å². The smallest absolute Gasteiger partial charge is 0.417 e. The lowest BCUT2D eigenvalue weighted by atomic mass is 9.97. The Morgan fingerprint density at radius 1 is 1.08 bits per heavy atom. The number of carbonyl (C=O) groups is 1. The number of hydrogen-bond acceptors (Lipinski definition) is 2. The van der Waals surface area contributed by atoms with E-state index in [4.69, 9.17) is 11.6 Å². The van der Waals surface area contributed by atoms with Gasteiger partial charge in [0.15, 0.2) is 0 Å². The van der Waals surface area contributed by atoms with Crippen LogP contribution in [0.15, 0.2) is 36.4 Å². The summed E-state index contributed by atoms with van der Waals surface area (Å²) in [5, 5.41) is 10.2. The molecule has 1 amide bonds. The maximum atomic E-state index is 13.5. The number of halogens is 4. The molecule has 132 valence electrons. The lowest BCUT2D eigenvalue weighted by Crippen LogP contribution is -2.29. The van der Waals surface area contributed by atoms with E-state index in [1.807, 2.05) is 0 Å². The molecule has 0 radical (unpaired) electrons. The maximum Gasteiger partial charge on any atom is 0.417 e. The molecule has 25 heavy (non-hydrogen) atoms. The van der Waals surface area contributed by atoms with Gasteiger partial charge in [-0.05, 0) is 48.7 Å². The summed E-state index contributed by atoms with van der Waals surface area (Å²) < 4.78 is 40.5. The number of amides is 1. The molecule has 1 N–H and O–H groups in total. The minimum Gasteiger partial charge on any atom is -0.507 e. The molecule has 3 rings (SSSR count). The highest BCUT2D eigenvalue weighted by atomic mass is 35.5. The average Bonchev–Trinajstić information content (AvgIpc) is 3.09. The van der Waals surface area contributed by atoms with Crippen molar-refractivity contribution >= 4 is 17.5 Å². The van der Waals surface area contributed by atoms with Crippen LogP contribution >= 0.6 is 11.6 Å². The SMILES string of the molecule is O=C(c1ccc(-c2cc(Cl)ccc2O)cc1C(F)(F)F)N1CCCC1. The molecule has 1 saturated heterocycles. The summed E-state index contributed by atoms with van der Waals surface area (Å²) in [5.74, 6) is -0.803. The van der Waals surface area contributed by atoms with Gasteiger partial charge in [0.2, 0.25) is 0 Å². The van der Waals surface area contributed by atoms with Gasteiger partial charge in [-0.25, -0.2) is 0 Å². The second kappa shape index (κ2) is 6.59. The number of likely N-dealkylation sites (tertiary alicyclic amines) is 1. The second-order valence-electron chi connectivity index (χ2n) is 5.92. The number of benzene rings is 2. The molecular weight excluding hydrogens is 355 g/mol. The number of alkyl halides is 3. The number of nitrogens with zero attached hydrogens (tertiary/aromatic N) is 1. The Balaban J connectivity index is 2.09. The largest absolute Gasteiger partial charge is 0.507 e. The molecule has 0 spiro atoms. The van der Waals surface area contributed by atoms with E-state index in [1.54, 1.807) is 0 Å². The van der Waals surface area contributed by atoms with Crippen LogP contribution in [-0.2, 0) is 6.18 Å². The molecule has 0 unspecified atom stereocenters. The van der Waals surface area contributed by atoms with Crippen molar-refractivity contribution in [1.82, 2.24) is 4.90 Å². The summed E-state index contributed by atoms with van der Waals surface area (Å²) in [4.78, 5) is 13.9. The predicted molar refractivity (Wildman–Crippen MR) is 88.7 cm³/mol. The van der Waals surface area contributed by atoms with E-state index < -0.39 is 17.6 Å². The van der Waals surface area contributed by atoms with Gasteiger partial charge >= 0.3 is 6.18 Å². The predicted octanol–water partition coefficient (Wildman–Crippen LogP) is 4.97. The third kappa shape index (κ3) is 3.58. The number of hydrogen-bond donors (Lipinski definition) is 1. The third-order valence-corrected chi connectivity index (χ3v) is 4.45. The minimum absolute atomic E-state index is 0.144. The summed E-state index contributed by atoms with van der Waals surface area (Å²) in [6, 6.07) is 7.58. The fourth-order valence-electron chi connectivity index (χ4n) is 2.96. The van der Waals surface area contributed by atoms with Crippen LogP contribution in [0, 0.1) is 0 Å². The van der Waals surface area contributed by atoms with E-state index in [9.17, 15) is 23.1 Å². The number of carbonyl (C=O) groups excluding carboxylic acids is 1. The van der Waals surface area contributed by atoms with Gasteiger partial charge in [-0.1, -0.05) is 17.7 Å². The zero-order chi connectivity index (χ0) is 18.2. The maximum absolute atomic E-state index is 13.5. The van der Waals surface area contributed by atoms with Crippen molar-refractivity contribution in [3.05, 3.63) is 52.5 Å². The summed E-state index contributed by atoms with van der Waals surface area (Å²) in [7, 11) is 0. The summed E-state index contributed by atoms with van der Waals surface area (Å²) in [5.41, 5.74) is -1.07. The van der Waals surface area contributed by atoms with Crippen LogP contribution in [0.3, 0.4) is 0 Å². The van der Waals surface area contributed by atoms with Crippen molar-refractivity contribution in [3.8, 4) is 16.9 Å². The number of aromatic hydroxyl groups is 1. The van der Waals surface area contributed by atoms with Gasteiger partial charge in [0.25, 0.3) is 5.91 Å². The molecule has 0 aliphatic carbocycles. The van der Waals surface area contributed by atoms with Crippen molar-refractivity contribution < 1.29 is 23.1 Å². The zero-order valence-electron chi connectivity index (χ0n) is 13.1. The minimum atomic E-state index is -4.69. The molecule has 0 atom stereocenters. The quantitative estimate of drug-likeness (QED) is 0.812. The molecule has 0 bridgehead atoms. The molecule has 7 heteroatoms. The highest BCUT2D eigenvalue weighted by Crippen LogP contribution is 2.38. The Morgan fingerprint density at radius 3 is 2.40 bits per heavy atom. The first-order valence-electron chi connectivity index (χ1n) is 7.77. The molecule has 0 saturated carbocycles. The van der Waals surface area contributed by atoms with Gasteiger partial charge in [0, 0.05) is 23.7 Å². The van der Waals surface area contributed by atoms with Crippen LogP contribution < -0.4 is 0 Å². The van der Waals surface area contributed by atoms with Crippen molar-refractivity contribution in [1.29, 1.82) is 0 Å². The normalized spacial score (nSPS) is 14.8. The molecule has 2 aromatic rings. The molecule has 1 aliphatic heterocycles. The average molecular weight is 370 g/mol. The topological polar surface area (TPSA) is 40.5 Å². The number of phenols is 1. The second-order valence-corrected chi connectivity index (χ2v) is 6.36. The summed E-state index contributed by atoms with van der Waals surface area (Å²) in [6.07, 6.45) is -3.10. The van der Waals surface area contributed by atoms with Crippen molar-refractivity contribution in [2.24, 2.45) is 0 Å². The Kier molecular flexibility index (Phi) is 4.64. The monoisotopic (exact) mass is 369 g/mol. The fourth-order valence-corrected chi connectivity index (χ4v) is 3.13. The van der Waals surface area contributed by atoms with Crippen molar-refractivity contribution in [2.45, 2.75) is 19.0 Å². The summed E-state index contributed by atoms with van der Waals surface area (Å²) in [6.45, 7) is 0.930. The Bertz CT molecular complexity index is 814. The molecule has 3 nitrogen and oxygen atoms in total. The fraction of sp³-hybridized carbons (Fsp3) is 0.278. The van der Waals surface area contributed by atoms with Gasteiger partial charge in [-0.2, -0.15) is 13.2 Å². The molecule has 2 aromatic carbocycles. The Hall–Kier alpha value is -2.21. The van der Waals surface area contributed by atoms with Crippen LogP contribution in [0.4, 0.5) is 13.2 Å². The van der Waals surface area contributed by atoms with E-state index in [2.05, 4.69) is 0 Å². The van der Waals surface area contributed by atoms with Crippen LogP contribution in [-0.4, -0.2) is 29.0 Å². The highest BCUT2D eigenvalue weighted by molar-refractivity contribution is 6.31. The lowest BCUT2D eigenvalue weighted by molar-refractivity contribution is -0.138. The van der Waals surface area contributed by atoms with Crippen LogP contribution in [0.2, 0.25) is 5.02 Å². The molecule has 1 aliphatic rings. The molecule has 1 fully saturated rings. The lowest BCUT2D eigenvalue weighted by Gasteiger charge is -2.20. The number of phenolic OH excluding ortho intramolecular Hbond substituents is 1.